The van der Waals surface area contributed by atoms with Crippen LogP contribution in [-0.2, 0) is 16.1 Å². The summed E-state index contributed by atoms with van der Waals surface area (Å²) in [6.07, 6.45) is 5.18. The first-order valence-corrected chi connectivity index (χ1v) is 5.74. The van der Waals surface area contributed by atoms with Crippen LogP contribution in [0.25, 0.3) is 6.08 Å². The van der Waals surface area contributed by atoms with Crippen LogP contribution in [0.4, 0.5) is 0 Å². The standard InChI is InChI=1S/C15H15NO2/c1-18-15(17)10-9-14-8-5-11-16(14)12-13-6-3-2-4-7-13/h2-11H,12H2,1H3. The summed E-state index contributed by atoms with van der Waals surface area (Å²) < 4.78 is 6.65. The second kappa shape index (κ2) is 5.87. The Morgan fingerprint density at radius 2 is 2.00 bits per heavy atom. The average Bonchev–Trinajstić information content (AvgIpc) is 2.84. The third-order valence-corrected chi connectivity index (χ3v) is 2.65. The Morgan fingerprint density at radius 3 is 2.72 bits per heavy atom. The van der Waals surface area contributed by atoms with E-state index in [0.29, 0.717) is 0 Å². The summed E-state index contributed by atoms with van der Waals surface area (Å²) in [5.74, 6) is -0.345. The van der Waals surface area contributed by atoms with E-state index in [0.717, 1.165) is 12.2 Å². The molecule has 0 aliphatic rings. The van der Waals surface area contributed by atoms with Crippen molar-refractivity contribution in [2.24, 2.45) is 0 Å². The summed E-state index contributed by atoms with van der Waals surface area (Å²) in [4.78, 5) is 11.1. The van der Waals surface area contributed by atoms with E-state index in [1.165, 1.54) is 18.7 Å². The SMILES string of the molecule is COC(=O)C=Cc1cccn1Cc1ccccc1. The molecule has 0 N–H and O–H groups in total. The Morgan fingerprint density at radius 1 is 1.22 bits per heavy atom. The molecule has 0 fully saturated rings. The number of carbonyl (C=O) groups excluding carboxylic acids is 1. The molecule has 0 saturated heterocycles. The first kappa shape index (κ1) is 12.2. The van der Waals surface area contributed by atoms with Crippen molar-refractivity contribution in [3.8, 4) is 0 Å². The summed E-state index contributed by atoms with van der Waals surface area (Å²) in [6, 6.07) is 14.1. The van der Waals surface area contributed by atoms with Gasteiger partial charge in [0.1, 0.15) is 0 Å². The van der Waals surface area contributed by atoms with Crippen molar-refractivity contribution < 1.29 is 9.53 Å². The van der Waals surface area contributed by atoms with Gasteiger partial charge in [-0.1, -0.05) is 30.3 Å². The van der Waals surface area contributed by atoms with Crippen LogP contribution in [0.3, 0.4) is 0 Å². The highest BCUT2D eigenvalue weighted by molar-refractivity contribution is 5.86. The van der Waals surface area contributed by atoms with Crippen molar-refractivity contribution in [3.63, 3.8) is 0 Å². The van der Waals surface area contributed by atoms with E-state index in [9.17, 15) is 4.79 Å². The molecule has 0 aliphatic heterocycles. The first-order chi connectivity index (χ1) is 8.79. The molecule has 1 heterocycles. The van der Waals surface area contributed by atoms with Crippen LogP contribution in [0.1, 0.15) is 11.3 Å². The molecule has 0 bridgehead atoms. The van der Waals surface area contributed by atoms with Gasteiger partial charge in [0.05, 0.1) is 7.11 Å². The van der Waals surface area contributed by atoms with Crippen LogP contribution >= 0.6 is 0 Å². The minimum Gasteiger partial charge on any atom is -0.466 e. The second-order valence-corrected chi connectivity index (χ2v) is 3.90. The van der Waals surface area contributed by atoms with Gasteiger partial charge in [-0.3, -0.25) is 0 Å². The maximum Gasteiger partial charge on any atom is 0.330 e. The van der Waals surface area contributed by atoms with Crippen LogP contribution in [0, 0.1) is 0 Å². The van der Waals surface area contributed by atoms with Crippen LogP contribution in [0.5, 0.6) is 0 Å². The van der Waals surface area contributed by atoms with Crippen LogP contribution in [-0.4, -0.2) is 17.6 Å². The van der Waals surface area contributed by atoms with Gasteiger partial charge in [0.15, 0.2) is 0 Å². The largest absolute Gasteiger partial charge is 0.466 e. The zero-order chi connectivity index (χ0) is 12.8. The van der Waals surface area contributed by atoms with Crippen molar-refractivity contribution in [1.29, 1.82) is 0 Å². The quantitative estimate of drug-likeness (QED) is 0.608. The predicted octanol–water partition coefficient (Wildman–Crippen LogP) is 2.72. The predicted molar refractivity (Wildman–Crippen MR) is 71.0 cm³/mol. The van der Waals surface area contributed by atoms with Crippen LogP contribution in [0.2, 0.25) is 0 Å². The number of rotatable bonds is 4. The van der Waals surface area contributed by atoms with Crippen molar-refractivity contribution in [3.05, 3.63) is 66.0 Å². The molecule has 0 atom stereocenters. The van der Waals surface area contributed by atoms with Gasteiger partial charge in [0.25, 0.3) is 0 Å². The highest BCUT2D eigenvalue weighted by atomic mass is 16.5. The number of hydrogen-bond acceptors (Lipinski definition) is 2. The third kappa shape index (κ3) is 3.10. The normalized spacial score (nSPS) is 10.7. The minimum atomic E-state index is -0.345. The first-order valence-electron chi connectivity index (χ1n) is 5.74. The number of benzene rings is 1. The average molecular weight is 241 g/mol. The molecule has 2 rings (SSSR count). The number of carbonyl (C=O) groups is 1. The van der Waals surface area contributed by atoms with Crippen molar-refractivity contribution in [2.45, 2.75) is 6.54 Å². The molecule has 0 radical (unpaired) electrons. The van der Waals surface area contributed by atoms with Crippen molar-refractivity contribution in [1.82, 2.24) is 4.57 Å². The van der Waals surface area contributed by atoms with Gasteiger partial charge < -0.3 is 9.30 Å². The van der Waals surface area contributed by atoms with Gasteiger partial charge >= 0.3 is 5.97 Å². The number of methoxy groups -OCH3 is 1. The Bertz CT molecular complexity index is 541. The fraction of sp³-hybridized carbons (Fsp3) is 0.133. The Kier molecular flexibility index (Phi) is 3.97. The van der Waals surface area contributed by atoms with Gasteiger partial charge in [-0.05, 0) is 23.8 Å². The molecule has 0 unspecified atom stereocenters. The lowest BCUT2D eigenvalue weighted by atomic mass is 10.2. The van der Waals surface area contributed by atoms with E-state index in [1.54, 1.807) is 6.08 Å². The number of ether oxygens (including phenoxy) is 1. The zero-order valence-electron chi connectivity index (χ0n) is 10.2. The lowest BCUT2D eigenvalue weighted by Crippen LogP contribution is -2.00. The van der Waals surface area contributed by atoms with E-state index in [4.69, 9.17) is 0 Å². The minimum absolute atomic E-state index is 0.345. The molecular weight excluding hydrogens is 226 g/mol. The van der Waals surface area contributed by atoms with Crippen LogP contribution < -0.4 is 0 Å². The molecule has 0 amide bonds. The van der Waals surface area contributed by atoms with E-state index in [-0.39, 0.29) is 5.97 Å². The summed E-state index contributed by atoms with van der Waals surface area (Å²) >= 11 is 0. The molecule has 2 aromatic rings. The maximum absolute atomic E-state index is 11.1. The molecule has 0 spiro atoms. The number of esters is 1. The Balaban J connectivity index is 2.13. The lowest BCUT2D eigenvalue weighted by Gasteiger charge is -2.06. The van der Waals surface area contributed by atoms with Gasteiger partial charge in [-0.2, -0.15) is 0 Å². The fourth-order valence-corrected chi connectivity index (χ4v) is 1.72. The van der Waals surface area contributed by atoms with Gasteiger partial charge in [-0.15, -0.1) is 0 Å². The van der Waals surface area contributed by atoms with E-state index in [2.05, 4.69) is 21.4 Å². The fourth-order valence-electron chi connectivity index (χ4n) is 1.72. The molecule has 3 heteroatoms. The van der Waals surface area contributed by atoms with Crippen LogP contribution in [0.15, 0.2) is 54.7 Å². The molecule has 1 aromatic heterocycles. The summed E-state index contributed by atoms with van der Waals surface area (Å²) in [7, 11) is 1.37. The molecule has 0 aliphatic carbocycles. The zero-order valence-corrected chi connectivity index (χ0v) is 10.2. The molecule has 18 heavy (non-hydrogen) atoms. The van der Waals surface area contributed by atoms with E-state index >= 15 is 0 Å². The molecular formula is C15H15NO2. The number of aromatic nitrogens is 1. The molecule has 92 valence electrons. The number of nitrogens with zero attached hydrogens (tertiary/aromatic N) is 1. The van der Waals surface area contributed by atoms with Crippen molar-refractivity contribution >= 4 is 12.0 Å². The summed E-state index contributed by atoms with van der Waals surface area (Å²) in [5, 5.41) is 0. The monoisotopic (exact) mass is 241 g/mol. The molecule has 3 nitrogen and oxygen atoms in total. The van der Waals surface area contributed by atoms with Gasteiger partial charge in [0.2, 0.25) is 0 Å². The molecule has 0 saturated carbocycles. The van der Waals surface area contributed by atoms with Gasteiger partial charge in [-0.25, -0.2) is 4.79 Å². The molecule has 1 aromatic carbocycles. The van der Waals surface area contributed by atoms with Gasteiger partial charge in [0, 0.05) is 24.5 Å². The topological polar surface area (TPSA) is 31.2 Å². The number of hydrogen-bond donors (Lipinski definition) is 0. The smallest absolute Gasteiger partial charge is 0.330 e. The second-order valence-electron chi connectivity index (χ2n) is 3.90. The van der Waals surface area contributed by atoms with Crippen molar-refractivity contribution in [2.75, 3.05) is 7.11 Å². The third-order valence-electron chi connectivity index (χ3n) is 2.65. The maximum atomic E-state index is 11.1. The lowest BCUT2D eigenvalue weighted by molar-refractivity contribution is -0.134. The Labute approximate surface area is 106 Å². The summed E-state index contributed by atoms with van der Waals surface area (Å²) in [5.41, 5.74) is 2.20. The Hall–Kier alpha value is -2.29. The van der Waals surface area contributed by atoms with E-state index in [1.807, 2.05) is 36.5 Å². The highest BCUT2D eigenvalue weighted by Gasteiger charge is 1.99. The summed E-state index contributed by atoms with van der Waals surface area (Å²) in [6.45, 7) is 0.786. The van der Waals surface area contributed by atoms with E-state index < -0.39 is 0 Å². The highest BCUT2D eigenvalue weighted by Crippen LogP contribution is 2.09.